The lowest BCUT2D eigenvalue weighted by Crippen LogP contribution is -2.62. The van der Waals surface area contributed by atoms with Gasteiger partial charge in [-0.15, -0.1) is 0 Å². The van der Waals surface area contributed by atoms with Gasteiger partial charge >= 0.3 is 11.9 Å². The molecule has 1 N–H and O–H groups in total. The maximum absolute atomic E-state index is 13.5. The van der Waals surface area contributed by atoms with Crippen LogP contribution in [0, 0.1) is 0 Å². The summed E-state index contributed by atoms with van der Waals surface area (Å²) in [7, 11) is 0. The maximum atomic E-state index is 13.5. The predicted octanol–water partition coefficient (Wildman–Crippen LogP) is 6.40. The number of carbonyl (C=O) groups is 2. The van der Waals surface area contributed by atoms with Gasteiger partial charge in [0.2, 0.25) is 6.29 Å². The van der Waals surface area contributed by atoms with Crippen LogP contribution < -0.4 is 9.47 Å². The minimum atomic E-state index is -1.21. The average Bonchev–Trinajstić information content (AvgIpc) is 3.16. The quantitative estimate of drug-likeness (QED) is 0.113. The number of rotatable bonds is 13. The van der Waals surface area contributed by atoms with Crippen LogP contribution in [0.5, 0.6) is 11.5 Å². The summed E-state index contributed by atoms with van der Waals surface area (Å²) in [5, 5.41) is 10.5. The van der Waals surface area contributed by atoms with Crippen LogP contribution in [0.2, 0.25) is 0 Å². The molecule has 0 spiro atoms. The molecule has 1 heterocycles. The average molecular weight is 661 g/mol. The zero-order valence-corrected chi connectivity index (χ0v) is 26.6. The van der Waals surface area contributed by atoms with Crippen molar-refractivity contribution in [1.29, 1.82) is 0 Å². The van der Waals surface area contributed by atoms with Crippen molar-refractivity contribution in [2.24, 2.45) is 0 Å². The van der Waals surface area contributed by atoms with Gasteiger partial charge in [-0.05, 0) is 59.7 Å². The van der Waals surface area contributed by atoms with E-state index in [1.165, 1.54) is 0 Å². The molecule has 5 aromatic carbocycles. The normalized spacial score (nSPS) is 20.2. The lowest BCUT2D eigenvalue weighted by Gasteiger charge is -2.45. The van der Waals surface area contributed by atoms with Crippen molar-refractivity contribution in [3.8, 4) is 11.5 Å². The SMILES string of the molecule is O=C(Oc1ccc(O[C@@H]2O[C@H](CO)[C@@H](OCc3ccccc3)[C@H](OCc3ccccc3)[C@H]2OC(=O)c2ccccc2)cc1)c1ccccc1. The van der Waals surface area contributed by atoms with E-state index in [9.17, 15) is 14.7 Å². The van der Waals surface area contributed by atoms with Gasteiger partial charge in [-0.1, -0.05) is 97.1 Å². The molecule has 49 heavy (non-hydrogen) atoms. The first kappa shape index (κ1) is 33.6. The smallest absolute Gasteiger partial charge is 0.343 e. The summed E-state index contributed by atoms with van der Waals surface area (Å²) < 4.78 is 37.1. The molecule has 1 fully saturated rings. The third kappa shape index (κ3) is 8.98. The van der Waals surface area contributed by atoms with Crippen LogP contribution in [0.15, 0.2) is 146 Å². The Hall–Kier alpha value is -5.32. The molecule has 0 aliphatic carbocycles. The van der Waals surface area contributed by atoms with E-state index < -0.39 is 49.3 Å². The highest BCUT2D eigenvalue weighted by Gasteiger charge is 2.51. The molecule has 9 heteroatoms. The molecule has 1 saturated heterocycles. The van der Waals surface area contributed by atoms with Crippen LogP contribution in [0.1, 0.15) is 31.8 Å². The van der Waals surface area contributed by atoms with Gasteiger partial charge in [-0.3, -0.25) is 0 Å². The molecule has 0 radical (unpaired) electrons. The van der Waals surface area contributed by atoms with Gasteiger partial charge in [0.15, 0.2) is 6.10 Å². The number of benzene rings is 5. The van der Waals surface area contributed by atoms with Gasteiger partial charge in [-0.2, -0.15) is 0 Å². The Kier molecular flexibility index (Phi) is 11.4. The summed E-state index contributed by atoms with van der Waals surface area (Å²) in [5.74, 6) is -0.455. The molecule has 250 valence electrons. The number of ether oxygens (including phenoxy) is 6. The maximum Gasteiger partial charge on any atom is 0.343 e. The van der Waals surface area contributed by atoms with Gasteiger partial charge < -0.3 is 33.5 Å². The molecule has 0 saturated carbocycles. The third-order valence-corrected chi connectivity index (χ3v) is 7.89. The third-order valence-electron chi connectivity index (χ3n) is 7.89. The number of aliphatic hydroxyl groups excluding tert-OH is 1. The lowest BCUT2D eigenvalue weighted by molar-refractivity contribution is -0.296. The fourth-order valence-electron chi connectivity index (χ4n) is 5.40. The molecule has 5 atom stereocenters. The first-order valence-corrected chi connectivity index (χ1v) is 15.9. The van der Waals surface area contributed by atoms with Crippen molar-refractivity contribution in [1.82, 2.24) is 0 Å². The van der Waals surface area contributed by atoms with Gasteiger partial charge in [0, 0.05) is 0 Å². The molecule has 5 aromatic rings. The zero-order chi connectivity index (χ0) is 33.8. The molecule has 9 nitrogen and oxygen atoms in total. The standard InChI is InChI=1S/C40H36O9/c41-25-34-35(44-26-28-13-5-1-6-14-28)36(45-27-29-15-7-2-8-16-29)37(49-39(43)31-19-11-4-12-20-31)40(48-34)47-33-23-21-32(22-24-33)46-38(42)30-17-9-3-10-18-30/h1-24,34-37,40-41H,25-27H2/t34-,35-,36+,37-,40-/m1/s1. The fourth-order valence-corrected chi connectivity index (χ4v) is 5.40. The molecule has 1 aliphatic rings. The second-order valence-electron chi connectivity index (χ2n) is 11.3. The number of hydrogen-bond acceptors (Lipinski definition) is 9. The summed E-state index contributed by atoms with van der Waals surface area (Å²) in [6.45, 7) is -0.0503. The highest BCUT2D eigenvalue weighted by Crippen LogP contribution is 2.32. The van der Waals surface area contributed by atoms with Crippen molar-refractivity contribution in [3.05, 3.63) is 168 Å². The summed E-state index contributed by atoms with van der Waals surface area (Å²) in [6.07, 6.45) is -5.00. The highest BCUT2D eigenvalue weighted by molar-refractivity contribution is 5.91. The summed E-state index contributed by atoms with van der Waals surface area (Å²) in [5.41, 5.74) is 2.55. The van der Waals surface area contributed by atoms with Gasteiger partial charge in [0.25, 0.3) is 0 Å². The lowest BCUT2D eigenvalue weighted by atomic mass is 9.97. The molecule has 0 aromatic heterocycles. The van der Waals surface area contributed by atoms with Crippen molar-refractivity contribution in [2.75, 3.05) is 6.61 Å². The van der Waals surface area contributed by atoms with Crippen LogP contribution in [-0.2, 0) is 32.2 Å². The summed E-state index contributed by atoms with van der Waals surface area (Å²) in [6, 6.07) is 42.8. The van der Waals surface area contributed by atoms with Gasteiger partial charge in [-0.25, -0.2) is 9.59 Å². The van der Waals surface area contributed by atoms with Crippen molar-refractivity contribution < 1.29 is 43.1 Å². The Labute approximate surface area is 284 Å². The molecule has 0 bridgehead atoms. The van der Waals surface area contributed by atoms with E-state index >= 15 is 0 Å². The van der Waals surface area contributed by atoms with Crippen LogP contribution >= 0.6 is 0 Å². The number of esters is 2. The summed E-state index contributed by atoms with van der Waals surface area (Å²) >= 11 is 0. The molecule has 0 unspecified atom stereocenters. The van der Waals surface area contributed by atoms with Crippen molar-refractivity contribution in [3.63, 3.8) is 0 Å². The Morgan fingerprint density at radius 2 is 1.02 bits per heavy atom. The minimum absolute atomic E-state index is 0.169. The molecular formula is C40H36O9. The zero-order valence-electron chi connectivity index (χ0n) is 26.6. The van der Waals surface area contributed by atoms with E-state index in [1.54, 1.807) is 78.9 Å². The summed E-state index contributed by atoms with van der Waals surface area (Å²) in [4.78, 5) is 26.1. The van der Waals surface area contributed by atoms with Gasteiger partial charge in [0.1, 0.15) is 29.8 Å². The minimum Gasteiger partial charge on any atom is -0.461 e. The van der Waals surface area contributed by atoms with E-state index in [1.807, 2.05) is 66.7 Å². The predicted molar refractivity (Wildman–Crippen MR) is 180 cm³/mol. The number of carbonyl (C=O) groups excluding carboxylic acids is 2. The van der Waals surface area contributed by atoms with E-state index in [2.05, 4.69) is 0 Å². The van der Waals surface area contributed by atoms with Crippen molar-refractivity contribution in [2.45, 2.75) is 43.9 Å². The van der Waals surface area contributed by atoms with Crippen LogP contribution in [0.3, 0.4) is 0 Å². The fraction of sp³-hybridized carbons (Fsp3) is 0.200. The molecular weight excluding hydrogens is 624 g/mol. The molecule has 1 aliphatic heterocycles. The van der Waals surface area contributed by atoms with E-state index in [-0.39, 0.29) is 13.2 Å². The largest absolute Gasteiger partial charge is 0.461 e. The Morgan fingerprint density at radius 3 is 1.55 bits per heavy atom. The second-order valence-corrected chi connectivity index (χ2v) is 11.3. The van der Waals surface area contributed by atoms with Crippen LogP contribution in [0.4, 0.5) is 0 Å². The Bertz CT molecular complexity index is 1750. The first-order chi connectivity index (χ1) is 24.1. The second kappa shape index (κ2) is 16.7. The Morgan fingerprint density at radius 1 is 0.551 bits per heavy atom. The molecule has 6 rings (SSSR count). The van der Waals surface area contributed by atoms with E-state index in [0.29, 0.717) is 22.6 Å². The molecule has 0 amide bonds. The van der Waals surface area contributed by atoms with E-state index in [0.717, 1.165) is 11.1 Å². The van der Waals surface area contributed by atoms with E-state index in [4.69, 9.17) is 28.4 Å². The topological polar surface area (TPSA) is 110 Å². The highest BCUT2D eigenvalue weighted by atomic mass is 16.7. The van der Waals surface area contributed by atoms with Gasteiger partial charge in [0.05, 0.1) is 30.9 Å². The first-order valence-electron chi connectivity index (χ1n) is 15.9. The van der Waals surface area contributed by atoms with Crippen LogP contribution in [0.25, 0.3) is 0 Å². The Balaban J connectivity index is 1.28. The monoisotopic (exact) mass is 660 g/mol. The van der Waals surface area contributed by atoms with Crippen LogP contribution in [-0.4, -0.2) is 54.4 Å². The number of aliphatic hydroxyl groups is 1. The van der Waals surface area contributed by atoms with Crippen molar-refractivity contribution >= 4 is 11.9 Å². The number of hydrogen-bond donors (Lipinski definition) is 1.